The first-order valence-electron chi connectivity index (χ1n) is 7.25. The number of hydrogen-bond acceptors (Lipinski definition) is 0. The number of rotatable bonds is 1. The molecular weight excluding hydrogens is 320 g/mol. The highest BCUT2D eigenvalue weighted by Gasteiger charge is 2.32. The lowest BCUT2D eigenvalue weighted by Crippen LogP contribution is -2.07. The van der Waals surface area contributed by atoms with E-state index in [2.05, 4.69) is 94.9 Å². The molecule has 2 aliphatic carbocycles. The van der Waals surface area contributed by atoms with Crippen molar-refractivity contribution in [3.8, 4) is 11.1 Å². The van der Waals surface area contributed by atoms with Crippen LogP contribution in [-0.2, 0) is 0 Å². The summed E-state index contributed by atoms with van der Waals surface area (Å²) < 4.78 is 1.14. The Morgan fingerprint density at radius 3 is 2.24 bits per heavy atom. The zero-order valence-corrected chi connectivity index (χ0v) is 13.1. The molecule has 0 nitrogen and oxygen atoms in total. The SMILES string of the molecule is Brc1ccc2c(c1)-c1ccccc1C2C1C=CC=CC=C1. The highest BCUT2D eigenvalue weighted by molar-refractivity contribution is 9.10. The Balaban J connectivity index is 1.92. The van der Waals surface area contributed by atoms with Gasteiger partial charge in [-0.25, -0.2) is 0 Å². The van der Waals surface area contributed by atoms with Gasteiger partial charge in [-0.3, -0.25) is 0 Å². The highest BCUT2D eigenvalue weighted by atomic mass is 79.9. The van der Waals surface area contributed by atoms with Gasteiger partial charge in [-0.05, 0) is 34.4 Å². The summed E-state index contributed by atoms with van der Waals surface area (Å²) in [4.78, 5) is 0. The van der Waals surface area contributed by atoms with Crippen LogP contribution in [0.2, 0.25) is 0 Å². The first-order chi connectivity index (χ1) is 10.3. The number of halogens is 1. The zero-order chi connectivity index (χ0) is 14.2. The van der Waals surface area contributed by atoms with Crippen LogP contribution in [0.15, 0.2) is 83.4 Å². The van der Waals surface area contributed by atoms with Crippen molar-refractivity contribution in [2.45, 2.75) is 5.92 Å². The van der Waals surface area contributed by atoms with E-state index >= 15 is 0 Å². The molecule has 1 atom stereocenters. The van der Waals surface area contributed by atoms with Crippen molar-refractivity contribution < 1.29 is 0 Å². The molecule has 102 valence electrons. The van der Waals surface area contributed by atoms with Crippen molar-refractivity contribution in [2.24, 2.45) is 5.92 Å². The van der Waals surface area contributed by atoms with E-state index < -0.39 is 0 Å². The summed E-state index contributed by atoms with van der Waals surface area (Å²) in [6.07, 6.45) is 13.1. The van der Waals surface area contributed by atoms with Gasteiger partial charge in [0, 0.05) is 16.3 Å². The molecule has 2 aromatic rings. The Morgan fingerprint density at radius 2 is 1.43 bits per heavy atom. The molecule has 0 saturated heterocycles. The Kier molecular flexibility index (Phi) is 3.16. The third kappa shape index (κ3) is 2.13. The van der Waals surface area contributed by atoms with Crippen molar-refractivity contribution in [3.05, 3.63) is 94.5 Å². The number of hydrogen-bond donors (Lipinski definition) is 0. The standard InChI is InChI=1S/C20H15Br/c21-15-11-12-18-19(13-15)16-9-5-6-10-17(16)20(18)14-7-3-1-2-4-8-14/h1-14,20H. The van der Waals surface area contributed by atoms with Crippen LogP contribution < -0.4 is 0 Å². The molecule has 1 unspecified atom stereocenters. The van der Waals surface area contributed by atoms with E-state index in [1.165, 1.54) is 22.3 Å². The summed E-state index contributed by atoms with van der Waals surface area (Å²) >= 11 is 3.61. The van der Waals surface area contributed by atoms with Gasteiger partial charge in [0.25, 0.3) is 0 Å². The van der Waals surface area contributed by atoms with Crippen LogP contribution in [0.5, 0.6) is 0 Å². The molecule has 21 heavy (non-hydrogen) atoms. The predicted molar refractivity (Wildman–Crippen MR) is 92.3 cm³/mol. The molecule has 0 bridgehead atoms. The van der Waals surface area contributed by atoms with Crippen LogP contribution in [0.4, 0.5) is 0 Å². The average Bonchev–Trinajstić information content (AvgIpc) is 2.67. The molecule has 0 radical (unpaired) electrons. The molecule has 0 fully saturated rings. The maximum atomic E-state index is 3.61. The predicted octanol–water partition coefficient (Wildman–Crippen LogP) is 5.86. The van der Waals surface area contributed by atoms with Gasteiger partial charge >= 0.3 is 0 Å². The fourth-order valence-corrected chi connectivity index (χ4v) is 3.79. The first kappa shape index (κ1) is 12.8. The summed E-state index contributed by atoms with van der Waals surface area (Å²) in [5, 5.41) is 0. The second kappa shape index (κ2) is 5.16. The highest BCUT2D eigenvalue weighted by Crippen LogP contribution is 2.49. The molecule has 0 saturated carbocycles. The number of benzene rings is 2. The summed E-state index contributed by atoms with van der Waals surface area (Å²) in [6, 6.07) is 15.5. The van der Waals surface area contributed by atoms with E-state index in [9.17, 15) is 0 Å². The van der Waals surface area contributed by atoms with Crippen molar-refractivity contribution >= 4 is 15.9 Å². The van der Waals surface area contributed by atoms with Gasteiger partial charge in [0.2, 0.25) is 0 Å². The third-order valence-electron chi connectivity index (χ3n) is 4.32. The van der Waals surface area contributed by atoms with E-state index in [4.69, 9.17) is 0 Å². The van der Waals surface area contributed by atoms with Crippen LogP contribution in [0.3, 0.4) is 0 Å². The molecule has 1 heteroatoms. The second-order valence-electron chi connectivity index (χ2n) is 5.53. The minimum Gasteiger partial charge on any atom is -0.0767 e. The largest absolute Gasteiger partial charge is 0.0767 e. The van der Waals surface area contributed by atoms with E-state index in [1.807, 2.05) is 0 Å². The summed E-state index contributed by atoms with van der Waals surface area (Å²) in [7, 11) is 0. The van der Waals surface area contributed by atoms with Gasteiger partial charge in [-0.15, -0.1) is 0 Å². The minimum absolute atomic E-state index is 0.406. The lowest BCUT2D eigenvalue weighted by molar-refractivity contribution is 0.701. The molecule has 0 aromatic heterocycles. The Morgan fingerprint density at radius 1 is 0.714 bits per heavy atom. The molecule has 0 N–H and O–H groups in total. The van der Waals surface area contributed by atoms with Crippen LogP contribution >= 0.6 is 15.9 Å². The molecule has 2 aromatic carbocycles. The van der Waals surface area contributed by atoms with Crippen molar-refractivity contribution in [2.75, 3.05) is 0 Å². The summed E-state index contributed by atoms with van der Waals surface area (Å²) in [5.41, 5.74) is 5.61. The van der Waals surface area contributed by atoms with Gasteiger partial charge in [0.1, 0.15) is 0 Å². The molecular formula is C20H15Br. The quantitative estimate of drug-likeness (QED) is 0.612. The lowest BCUT2D eigenvalue weighted by atomic mass is 9.84. The smallest absolute Gasteiger partial charge is 0.0199 e. The molecule has 0 heterocycles. The topological polar surface area (TPSA) is 0 Å². The zero-order valence-electron chi connectivity index (χ0n) is 11.5. The fraction of sp³-hybridized carbons (Fsp3) is 0.100. The summed E-state index contributed by atoms with van der Waals surface area (Å²) in [5.74, 6) is 0.820. The summed E-state index contributed by atoms with van der Waals surface area (Å²) in [6.45, 7) is 0. The van der Waals surface area contributed by atoms with Crippen molar-refractivity contribution in [3.63, 3.8) is 0 Å². The van der Waals surface area contributed by atoms with Crippen LogP contribution in [-0.4, -0.2) is 0 Å². The van der Waals surface area contributed by atoms with Crippen molar-refractivity contribution in [1.29, 1.82) is 0 Å². The van der Waals surface area contributed by atoms with E-state index in [0.29, 0.717) is 11.8 Å². The van der Waals surface area contributed by atoms with Gasteiger partial charge < -0.3 is 0 Å². The molecule has 0 spiro atoms. The van der Waals surface area contributed by atoms with Gasteiger partial charge in [-0.1, -0.05) is 82.7 Å². The monoisotopic (exact) mass is 334 g/mol. The first-order valence-corrected chi connectivity index (χ1v) is 8.04. The normalized spacial score (nSPS) is 19.4. The fourth-order valence-electron chi connectivity index (χ4n) is 3.43. The molecule has 4 rings (SSSR count). The lowest BCUT2D eigenvalue weighted by Gasteiger charge is -2.19. The third-order valence-corrected chi connectivity index (χ3v) is 4.81. The molecule has 0 amide bonds. The number of allylic oxidation sites excluding steroid dienone is 6. The van der Waals surface area contributed by atoms with Crippen LogP contribution in [0, 0.1) is 5.92 Å². The Bertz CT molecular complexity index is 764. The van der Waals surface area contributed by atoms with Gasteiger partial charge in [-0.2, -0.15) is 0 Å². The van der Waals surface area contributed by atoms with Crippen molar-refractivity contribution in [1.82, 2.24) is 0 Å². The Hall–Kier alpha value is -1.86. The minimum atomic E-state index is 0.406. The van der Waals surface area contributed by atoms with Gasteiger partial charge in [0.15, 0.2) is 0 Å². The Labute approximate surface area is 133 Å². The van der Waals surface area contributed by atoms with E-state index in [-0.39, 0.29) is 0 Å². The van der Waals surface area contributed by atoms with Crippen LogP contribution in [0.1, 0.15) is 17.0 Å². The van der Waals surface area contributed by atoms with E-state index in [1.54, 1.807) is 0 Å². The average molecular weight is 335 g/mol. The maximum absolute atomic E-state index is 3.61. The molecule has 0 aliphatic heterocycles. The maximum Gasteiger partial charge on any atom is 0.0199 e. The number of fused-ring (bicyclic) bond motifs is 3. The second-order valence-corrected chi connectivity index (χ2v) is 6.44. The van der Waals surface area contributed by atoms with E-state index in [0.717, 1.165) is 4.47 Å². The molecule has 2 aliphatic rings. The van der Waals surface area contributed by atoms with Gasteiger partial charge in [0.05, 0.1) is 0 Å². The van der Waals surface area contributed by atoms with Crippen LogP contribution in [0.25, 0.3) is 11.1 Å².